The van der Waals surface area contributed by atoms with Crippen molar-refractivity contribution < 1.29 is 14.3 Å². The molecule has 0 bridgehead atoms. The van der Waals surface area contributed by atoms with Crippen LogP contribution in [0.1, 0.15) is 6.92 Å². The molecule has 1 atom stereocenters. The molecule has 1 amide bonds. The summed E-state index contributed by atoms with van der Waals surface area (Å²) in [7, 11) is 7.31. The molecule has 1 fully saturated rings. The van der Waals surface area contributed by atoms with Gasteiger partial charge >= 0.3 is 0 Å². The Hall–Kier alpha value is -3.74. The summed E-state index contributed by atoms with van der Waals surface area (Å²) in [4.78, 5) is 24.2. The molecule has 0 N–H and O–H groups in total. The van der Waals surface area contributed by atoms with Crippen LogP contribution in [-0.4, -0.2) is 58.8 Å². The van der Waals surface area contributed by atoms with E-state index in [0.29, 0.717) is 25.5 Å². The minimum atomic E-state index is -0.171. The van der Waals surface area contributed by atoms with Crippen LogP contribution in [0.5, 0.6) is 11.6 Å². The van der Waals surface area contributed by atoms with Gasteiger partial charge in [-0.05, 0) is 42.5 Å². The van der Waals surface area contributed by atoms with Gasteiger partial charge < -0.3 is 24.2 Å². The van der Waals surface area contributed by atoms with Crippen LogP contribution in [0.3, 0.4) is 0 Å². The Bertz CT molecular complexity index is 1130. The Labute approximate surface area is 201 Å². The van der Waals surface area contributed by atoms with Gasteiger partial charge in [0, 0.05) is 56.7 Å². The van der Waals surface area contributed by atoms with Gasteiger partial charge in [-0.2, -0.15) is 0 Å². The maximum Gasteiger partial charge on any atom is 0.231 e. The fraction of sp³-hybridized carbons (Fsp3) is 0.333. The monoisotopic (exact) mass is 460 g/mol. The van der Waals surface area contributed by atoms with Crippen molar-refractivity contribution in [2.75, 3.05) is 62.6 Å². The summed E-state index contributed by atoms with van der Waals surface area (Å²) in [5.74, 6) is 1.28. The summed E-state index contributed by atoms with van der Waals surface area (Å²) in [6, 6.07) is 19.9. The van der Waals surface area contributed by atoms with E-state index < -0.39 is 0 Å². The van der Waals surface area contributed by atoms with Gasteiger partial charge in [0.25, 0.3) is 0 Å². The lowest BCUT2D eigenvalue weighted by Gasteiger charge is -2.26. The van der Waals surface area contributed by atoms with Gasteiger partial charge in [0.1, 0.15) is 5.75 Å². The van der Waals surface area contributed by atoms with Crippen molar-refractivity contribution in [3.63, 3.8) is 0 Å². The van der Waals surface area contributed by atoms with Crippen molar-refractivity contribution in [3.05, 3.63) is 60.7 Å². The van der Waals surface area contributed by atoms with E-state index in [1.807, 2.05) is 62.3 Å². The van der Waals surface area contributed by atoms with Gasteiger partial charge in [-0.3, -0.25) is 4.79 Å². The lowest BCUT2D eigenvalue weighted by atomic mass is 10.1. The molecule has 7 nitrogen and oxygen atoms in total. The summed E-state index contributed by atoms with van der Waals surface area (Å²) in [5.41, 5.74) is 4.86. The molecule has 1 aromatic heterocycles. The number of pyridine rings is 1. The lowest BCUT2D eigenvalue weighted by molar-refractivity contribution is -0.121. The molecule has 1 saturated heterocycles. The normalized spacial score (nSPS) is 16.3. The first-order valence-corrected chi connectivity index (χ1v) is 11.4. The standard InChI is InChI=1S/C27H32N4O3/c1-19-18-30(16-17-31(27(19)32)22-10-12-23(33-4)13-11-22)24-14-15-25(34-5)28-26(24)20-6-8-21(9-7-20)29(2)3/h6-15,19H,16-18H2,1-5H3. The summed E-state index contributed by atoms with van der Waals surface area (Å²) < 4.78 is 10.7. The van der Waals surface area contributed by atoms with Crippen LogP contribution in [0.25, 0.3) is 11.3 Å². The summed E-state index contributed by atoms with van der Waals surface area (Å²) in [6.45, 7) is 3.88. The topological polar surface area (TPSA) is 58.1 Å². The number of nitrogens with zero attached hydrogens (tertiary/aromatic N) is 4. The highest BCUT2D eigenvalue weighted by Crippen LogP contribution is 2.34. The SMILES string of the molecule is COc1ccc(N2CCN(c3ccc(OC)nc3-c3ccc(N(C)C)cc3)CC(C)C2=O)cc1. The van der Waals surface area contributed by atoms with Crippen molar-refractivity contribution in [1.29, 1.82) is 0 Å². The van der Waals surface area contributed by atoms with Crippen LogP contribution in [-0.2, 0) is 4.79 Å². The second-order valence-electron chi connectivity index (χ2n) is 8.70. The fourth-order valence-corrected chi connectivity index (χ4v) is 4.27. The van der Waals surface area contributed by atoms with E-state index in [-0.39, 0.29) is 11.8 Å². The third kappa shape index (κ3) is 4.78. The molecule has 1 unspecified atom stereocenters. The van der Waals surface area contributed by atoms with E-state index in [1.54, 1.807) is 14.2 Å². The molecule has 1 aliphatic rings. The van der Waals surface area contributed by atoms with Crippen LogP contribution < -0.4 is 24.2 Å². The van der Waals surface area contributed by atoms with Gasteiger partial charge in [-0.1, -0.05) is 19.1 Å². The minimum Gasteiger partial charge on any atom is -0.497 e. The number of carbonyl (C=O) groups excluding carboxylic acids is 1. The first-order valence-electron chi connectivity index (χ1n) is 11.4. The third-order valence-electron chi connectivity index (χ3n) is 6.21. The molecule has 0 aliphatic carbocycles. The molecule has 1 aliphatic heterocycles. The molecule has 2 heterocycles. The van der Waals surface area contributed by atoms with Crippen LogP contribution in [0.2, 0.25) is 0 Å². The molecule has 178 valence electrons. The summed E-state index contributed by atoms with van der Waals surface area (Å²) >= 11 is 0. The van der Waals surface area contributed by atoms with E-state index in [4.69, 9.17) is 14.5 Å². The Morgan fingerprint density at radius 2 is 1.62 bits per heavy atom. The molecule has 0 spiro atoms. The zero-order chi connectivity index (χ0) is 24.2. The Morgan fingerprint density at radius 3 is 2.24 bits per heavy atom. The highest BCUT2D eigenvalue weighted by molar-refractivity contribution is 5.96. The number of carbonyl (C=O) groups is 1. The fourth-order valence-electron chi connectivity index (χ4n) is 4.27. The molecular weight excluding hydrogens is 428 g/mol. The van der Waals surface area contributed by atoms with Crippen molar-refractivity contribution >= 4 is 23.0 Å². The van der Waals surface area contributed by atoms with Gasteiger partial charge in [-0.25, -0.2) is 4.98 Å². The molecule has 4 rings (SSSR count). The van der Waals surface area contributed by atoms with Crippen LogP contribution in [0.4, 0.5) is 17.1 Å². The Morgan fingerprint density at radius 1 is 0.912 bits per heavy atom. The first kappa shape index (κ1) is 23.4. The van der Waals surface area contributed by atoms with E-state index in [0.717, 1.165) is 34.1 Å². The van der Waals surface area contributed by atoms with Crippen molar-refractivity contribution in [3.8, 4) is 22.9 Å². The number of anilines is 3. The van der Waals surface area contributed by atoms with E-state index >= 15 is 0 Å². The molecule has 0 radical (unpaired) electrons. The molecule has 2 aromatic carbocycles. The van der Waals surface area contributed by atoms with Gasteiger partial charge in [-0.15, -0.1) is 0 Å². The number of ether oxygens (including phenoxy) is 2. The number of methoxy groups -OCH3 is 2. The molecular formula is C27H32N4O3. The predicted octanol–water partition coefficient (Wildman–Crippen LogP) is 4.32. The maximum atomic E-state index is 13.3. The number of aromatic nitrogens is 1. The average Bonchev–Trinajstić information content (AvgIpc) is 3.02. The first-order chi connectivity index (χ1) is 16.4. The van der Waals surface area contributed by atoms with Crippen molar-refractivity contribution in [1.82, 2.24) is 4.98 Å². The number of rotatable bonds is 6. The summed E-state index contributed by atoms with van der Waals surface area (Å²) in [6.07, 6.45) is 0. The van der Waals surface area contributed by atoms with Gasteiger partial charge in [0.05, 0.1) is 31.5 Å². The van der Waals surface area contributed by atoms with Crippen molar-refractivity contribution in [2.45, 2.75) is 6.92 Å². The highest BCUT2D eigenvalue weighted by atomic mass is 16.5. The minimum absolute atomic E-state index is 0.117. The lowest BCUT2D eigenvalue weighted by Crippen LogP contribution is -2.35. The molecule has 3 aromatic rings. The second-order valence-corrected chi connectivity index (χ2v) is 8.70. The van der Waals surface area contributed by atoms with Gasteiger partial charge in [0.2, 0.25) is 11.8 Å². The number of hydrogen-bond donors (Lipinski definition) is 0. The van der Waals surface area contributed by atoms with Gasteiger partial charge in [0.15, 0.2) is 0 Å². The third-order valence-corrected chi connectivity index (χ3v) is 6.21. The Balaban J connectivity index is 1.66. The average molecular weight is 461 g/mol. The van der Waals surface area contributed by atoms with E-state index in [1.165, 1.54) is 0 Å². The quantitative estimate of drug-likeness (QED) is 0.546. The van der Waals surface area contributed by atoms with E-state index in [2.05, 4.69) is 34.1 Å². The number of benzene rings is 2. The van der Waals surface area contributed by atoms with Crippen molar-refractivity contribution in [2.24, 2.45) is 5.92 Å². The molecule has 0 saturated carbocycles. The number of amides is 1. The van der Waals surface area contributed by atoms with Crippen LogP contribution in [0.15, 0.2) is 60.7 Å². The summed E-state index contributed by atoms with van der Waals surface area (Å²) in [5, 5.41) is 0. The Kier molecular flexibility index (Phi) is 6.91. The second kappa shape index (κ2) is 10.0. The maximum absolute atomic E-state index is 13.3. The zero-order valence-corrected chi connectivity index (χ0v) is 20.5. The van der Waals surface area contributed by atoms with E-state index in [9.17, 15) is 4.79 Å². The number of hydrogen-bond acceptors (Lipinski definition) is 6. The van der Waals surface area contributed by atoms with Crippen LogP contribution in [0, 0.1) is 5.92 Å². The smallest absolute Gasteiger partial charge is 0.231 e. The molecule has 34 heavy (non-hydrogen) atoms. The molecule has 7 heteroatoms. The largest absolute Gasteiger partial charge is 0.497 e. The predicted molar refractivity (Wildman–Crippen MR) is 137 cm³/mol. The van der Waals surface area contributed by atoms with Crippen LogP contribution >= 0.6 is 0 Å². The zero-order valence-electron chi connectivity index (χ0n) is 20.5. The highest BCUT2D eigenvalue weighted by Gasteiger charge is 2.29.